The highest BCUT2D eigenvalue weighted by Crippen LogP contribution is 2.14. The molecule has 0 amide bonds. The molecule has 0 aromatic heterocycles. The Kier molecular flexibility index (Phi) is 7.63. The number of methoxy groups -OCH3 is 1. The van der Waals surface area contributed by atoms with E-state index in [1.165, 1.54) is 0 Å². The van der Waals surface area contributed by atoms with Gasteiger partial charge in [0, 0.05) is 5.69 Å². The molecule has 1 fully saturated rings. The number of hydrogen-bond donors (Lipinski definition) is 2. The predicted molar refractivity (Wildman–Crippen MR) is 89.1 cm³/mol. The molecule has 1 heterocycles. The van der Waals surface area contributed by atoms with E-state index in [1.54, 1.807) is 7.11 Å². The average molecular weight is 393 g/mol. The highest BCUT2D eigenvalue weighted by molar-refractivity contribution is 14.0. The zero-order valence-electron chi connectivity index (χ0n) is 11.4. The van der Waals surface area contributed by atoms with Crippen LogP contribution in [0.3, 0.4) is 0 Å². The van der Waals surface area contributed by atoms with Gasteiger partial charge in [0.15, 0.2) is 5.96 Å². The zero-order valence-corrected chi connectivity index (χ0v) is 13.7. The number of anilines is 1. The van der Waals surface area contributed by atoms with E-state index < -0.39 is 0 Å². The number of nitrogens with one attached hydrogen (secondary N) is 1. The van der Waals surface area contributed by atoms with Gasteiger partial charge in [0.25, 0.3) is 0 Å². The first-order valence-electron chi connectivity index (χ1n) is 6.18. The molecule has 1 aromatic carbocycles. The number of nitrogens with two attached hydrogens (primary N) is 1. The van der Waals surface area contributed by atoms with Crippen LogP contribution in [0.2, 0.25) is 0 Å². The Labute approximate surface area is 135 Å². The van der Waals surface area contributed by atoms with E-state index in [0.29, 0.717) is 32.3 Å². The number of guanidine groups is 1. The molecule has 1 aliphatic rings. The Bertz CT molecular complexity index is 419. The minimum Gasteiger partial charge on any atom is -0.497 e. The minimum atomic E-state index is -0.00929. The fourth-order valence-corrected chi connectivity index (χ4v) is 1.70. The number of ether oxygens (including phenoxy) is 3. The summed E-state index contributed by atoms with van der Waals surface area (Å²) in [5, 5.41) is 3.01. The second kappa shape index (κ2) is 8.98. The second-order valence-electron chi connectivity index (χ2n) is 4.15. The minimum absolute atomic E-state index is 0. The molecule has 20 heavy (non-hydrogen) atoms. The predicted octanol–water partition coefficient (Wildman–Crippen LogP) is 1.46. The van der Waals surface area contributed by atoms with E-state index in [1.807, 2.05) is 24.3 Å². The van der Waals surface area contributed by atoms with Gasteiger partial charge in [-0.3, -0.25) is 4.99 Å². The summed E-state index contributed by atoms with van der Waals surface area (Å²) in [6.45, 7) is 2.33. The number of aliphatic imine (C=N–C) groups is 1. The quantitative estimate of drug-likeness (QED) is 0.460. The number of rotatable bonds is 4. The third-order valence-electron chi connectivity index (χ3n) is 2.71. The van der Waals surface area contributed by atoms with Gasteiger partial charge in [0.05, 0.1) is 33.5 Å². The molecule has 1 aromatic rings. The van der Waals surface area contributed by atoms with E-state index in [0.717, 1.165) is 11.4 Å². The van der Waals surface area contributed by atoms with Crippen LogP contribution in [-0.2, 0) is 9.47 Å². The van der Waals surface area contributed by atoms with E-state index >= 15 is 0 Å². The van der Waals surface area contributed by atoms with E-state index in [2.05, 4.69) is 10.3 Å². The smallest absolute Gasteiger partial charge is 0.193 e. The van der Waals surface area contributed by atoms with Crippen molar-refractivity contribution in [2.24, 2.45) is 10.7 Å². The summed E-state index contributed by atoms with van der Waals surface area (Å²) in [5.74, 6) is 1.16. The van der Waals surface area contributed by atoms with Crippen LogP contribution in [-0.4, -0.2) is 45.5 Å². The van der Waals surface area contributed by atoms with Crippen molar-refractivity contribution in [3.63, 3.8) is 0 Å². The van der Waals surface area contributed by atoms with Crippen LogP contribution in [0.15, 0.2) is 29.3 Å². The summed E-state index contributed by atoms with van der Waals surface area (Å²) in [4.78, 5) is 4.23. The largest absolute Gasteiger partial charge is 0.497 e. The van der Waals surface area contributed by atoms with Crippen LogP contribution in [0.25, 0.3) is 0 Å². The molecule has 7 heteroatoms. The molecule has 3 N–H and O–H groups in total. The van der Waals surface area contributed by atoms with Gasteiger partial charge in [-0.1, -0.05) is 0 Å². The number of nitrogens with zero attached hydrogens (tertiary/aromatic N) is 1. The molecule has 0 aliphatic carbocycles. The topological polar surface area (TPSA) is 78.1 Å². The van der Waals surface area contributed by atoms with Crippen molar-refractivity contribution in [2.45, 2.75) is 6.10 Å². The van der Waals surface area contributed by atoms with Crippen LogP contribution < -0.4 is 15.8 Å². The molecule has 112 valence electrons. The van der Waals surface area contributed by atoms with Gasteiger partial charge in [-0.05, 0) is 24.3 Å². The maximum Gasteiger partial charge on any atom is 0.193 e. The Balaban J connectivity index is 0.00000200. The molecular weight excluding hydrogens is 373 g/mol. The fourth-order valence-electron chi connectivity index (χ4n) is 1.70. The normalized spacial score (nSPS) is 19.1. The molecular formula is C13H20IN3O3. The SMILES string of the molecule is COc1ccc(NC(N)=NCC2COCCO2)cc1.I. The Morgan fingerprint density at radius 2 is 2.15 bits per heavy atom. The summed E-state index contributed by atoms with van der Waals surface area (Å²) in [6, 6.07) is 7.46. The van der Waals surface area contributed by atoms with Gasteiger partial charge in [0.2, 0.25) is 0 Å². The van der Waals surface area contributed by atoms with Crippen LogP contribution >= 0.6 is 24.0 Å². The average Bonchev–Trinajstić information content (AvgIpc) is 2.47. The first-order valence-corrected chi connectivity index (χ1v) is 6.18. The maximum atomic E-state index is 5.80. The van der Waals surface area contributed by atoms with Crippen LogP contribution in [0.1, 0.15) is 0 Å². The first-order chi connectivity index (χ1) is 9.28. The Morgan fingerprint density at radius 1 is 1.40 bits per heavy atom. The molecule has 0 radical (unpaired) electrons. The summed E-state index contributed by atoms with van der Waals surface area (Å²) < 4.78 is 15.8. The molecule has 1 aliphatic heterocycles. The van der Waals surface area contributed by atoms with Gasteiger partial charge >= 0.3 is 0 Å². The summed E-state index contributed by atoms with van der Waals surface area (Å²) in [6.07, 6.45) is -0.00929. The third-order valence-corrected chi connectivity index (χ3v) is 2.71. The van der Waals surface area contributed by atoms with Gasteiger partial charge < -0.3 is 25.3 Å². The van der Waals surface area contributed by atoms with Crippen molar-refractivity contribution in [1.29, 1.82) is 0 Å². The Hall–Kier alpha value is -1.06. The molecule has 2 rings (SSSR count). The van der Waals surface area contributed by atoms with Crippen molar-refractivity contribution in [3.05, 3.63) is 24.3 Å². The molecule has 1 unspecified atom stereocenters. The molecule has 1 saturated heterocycles. The van der Waals surface area contributed by atoms with Crippen molar-refractivity contribution in [2.75, 3.05) is 38.8 Å². The summed E-state index contributed by atoms with van der Waals surface area (Å²) in [5.41, 5.74) is 6.67. The van der Waals surface area contributed by atoms with E-state index in [-0.39, 0.29) is 30.1 Å². The van der Waals surface area contributed by atoms with Crippen molar-refractivity contribution >= 4 is 35.6 Å². The van der Waals surface area contributed by atoms with Crippen LogP contribution in [0.5, 0.6) is 5.75 Å². The van der Waals surface area contributed by atoms with Crippen LogP contribution in [0.4, 0.5) is 5.69 Å². The fraction of sp³-hybridized carbons (Fsp3) is 0.462. The van der Waals surface area contributed by atoms with E-state index in [9.17, 15) is 0 Å². The second-order valence-corrected chi connectivity index (χ2v) is 4.15. The number of hydrogen-bond acceptors (Lipinski definition) is 4. The lowest BCUT2D eigenvalue weighted by Gasteiger charge is -2.21. The van der Waals surface area contributed by atoms with Gasteiger partial charge in [-0.15, -0.1) is 24.0 Å². The number of benzene rings is 1. The van der Waals surface area contributed by atoms with Crippen molar-refractivity contribution < 1.29 is 14.2 Å². The van der Waals surface area contributed by atoms with Gasteiger partial charge in [-0.25, -0.2) is 0 Å². The third kappa shape index (κ3) is 5.51. The lowest BCUT2D eigenvalue weighted by Crippen LogP contribution is -2.32. The summed E-state index contributed by atoms with van der Waals surface area (Å²) in [7, 11) is 1.63. The molecule has 0 bridgehead atoms. The number of halogens is 1. The molecule has 0 spiro atoms. The molecule has 6 nitrogen and oxygen atoms in total. The standard InChI is InChI=1S/C13H19N3O3.HI/c1-17-11-4-2-10(3-5-11)16-13(14)15-8-12-9-18-6-7-19-12;/h2-5,12H,6-9H2,1H3,(H3,14,15,16);1H. The van der Waals surface area contributed by atoms with Gasteiger partial charge in [0.1, 0.15) is 11.9 Å². The highest BCUT2D eigenvalue weighted by atomic mass is 127. The molecule has 0 saturated carbocycles. The van der Waals surface area contributed by atoms with Gasteiger partial charge in [-0.2, -0.15) is 0 Å². The zero-order chi connectivity index (χ0) is 13.5. The van der Waals surface area contributed by atoms with Crippen molar-refractivity contribution in [1.82, 2.24) is 0 Å². The highest BCUT2D eigenvalue weighted by Gasteiger charge is 2.13. The summed E-state index contributed by atoms with van der Waals surface area (Å²) >= 11 is 0. The monoisotopic (exact) mass is 393 g/mol. The lowest BCUT2D eigenvalue weighted by atomic mass is 10.3. The lowest BCUT2D eigenvalue weighted by molar-refractivity contribution is -0.0832. The molecule has 1 atom stereocenters. The maximum absolute atomic E-state index is 5.80. The van der Waals surface area contributed by atoms with E-state index in [4.69, 9.17) is 19.9 Å². The van der Waals surface area contributed by atoms with Crippen LogP contribution in [0, 0.1) is 0 Å². The Morgan fingerprint density at radius 3 is 2.75 bits per heavy atom. The van der Waals surface area contributed by atoms with Crippen molar-refractivity contribution in [3.8, 4) is 5.75 Å². The first kappa shape index (κ1) is 17.0.